The van der Waals surface area contributed by atoms with Crippen LogP contribution in [0.5, 0.6) is 0 Å². The number of hydrogen-bond donors (Lipinski definition) is 1. The Bertz CT molecular complexity index is 479. The van der Waals surface area contributed by atoms with Crippen LogP contribution in [0.3, 0.4) is 0 Å². The number of carbonyl (C=O) groups excluding carboxylic acids is 2. The van der Waals surface area contributed by atoms with Crippen LogP contribution < -0.4 is 5.32 Å². The van der Waals surface area contributed by atoms with E-state index in [1.54, 1.807) is 0 Å². The number of hydrogen-bond acceptors (Lipinski definition) is 2. The number of aryl methyl sites for hydroxylation is 1. The van der Waals surface area contributed by atoms with E-state index in [2.05, 4.69) is 11.4 Å². The molecule has 0 bridgehead atoms. The summed E-state index contributed by atoms with van der Waals surface area (Å²) in [5, 5.41) is 2.79. The van der Waals surface area contributed by atoms with E-state index in [1.807, 2.05) is 32.0 Å². The number of fused-ring (bicyclic) bond motifs is 1. The smallest absolute Gasteiger partial charge is 0.227 e. The number of ketones is 1. The Hall–Kier alpha value is -1.64. The highest BCUT2D eigenvalue weighted by atomic mass is 16.2. The molecule has 1 amide bonds. The molecular formula is C16H21NO2. The zero-order valence-electron chi connectivity index (χ0n) is 11.6. The Kier molecular flexibility index (Phi) is 4.35. The summed E-state index contributed by atoms with van der Waals surface area (Å²) in [7, 11) is 0. The van der Waals surface area contributed by atoms with E-state index in [-0.39, 0.29) is 30.1 Å². The topological polar surface area (TPSA) is 46.2 Å². The number of Topliss-reactive ketones (excluding diaryl/α,β-unsaturated/α-hetero) is 1. The summed E-state index contributed by atoms with van der Waals surface area (Å²) in [5.41, 5.74) is 2.40. The van der Waals surface area contributed by atoms with Gasteiger partial charge in [0.25, 0.3) is 0 Å². The minimum absolute atomic E-state index is 0.0128. The summed E-state index contributed by atoms with van der Waals surface area (Å²) in [6, 6.07) is 8.11. The molecular weight excluding hydrogens is 238 g/mol. The Morgan fingerprint density at radius 3 is 2.79 bits per heavy atom. The first kappa shape index (κ1) is 13.8. The molecule has 0 aliphatic heterocycles. The van der Waals surface area contributed by atoms with Crippen LogP contribution in [0.1, 0.15) is 43.7 Å². The molecule has 0 saturated heterocycles. The lowest BCUT2D eigenvalue weighted by Crippen LogP contribution is -2.36. The summed E-state index contributed by atoms with van der Waals surface area (Å²) >= 11 is 0. The normalized spacial score (nSPS) is 17.9. The van der Waals surface area contributed by atoms with Gasteiger partial charge in [-0.05, 0) is 30.4 Å². The minimum Gasteiger partial charge on any atom is -0.348 e. The first-order chi connectivity index (χ1) is 9.09. The van der Waals surface area contributed by atoms with Crippen molar-refractivity contribution in [1.29, 1.82) is 0 Å². The number of amides is 1. The Labute approximate surface area is 114 Å². The highest BCUT2D eigenvalue weighted by Crippen LogP contribution is 2.31. The van der Waals surface area contributed by atoms with E-state index in [9.17, 15) is 9.59 Å². The van der Waals surface area contributed by atoms with Crippen molar-refractivity contribution < 1.29 is 9.59 Å². The molecule has 0 saturated carbocycles. The van der Waals surface area contributed by atoms with Crippen molar-refractivity contribution in [3.8, 4) is 0 Å². The van der Waals surface area contributed by atoms with E-state index in [1.165, 1.54) is 5.56 Å². The van der Waals surface area contributed by atoms with Crippen molar-refractivity contribution >= 4 is 11.7 Å². The minimum atomic E-state index is -0.0927. The van der Waals surface area contributed by atoms with Gasteiger partial charge in [0.05, 0.1) is 12.5 Å². The van der Waals surface area contributed by atoms with Crippen LogP contribution in [-0.2, 0) is 16.0 Å². The van der Waals surface area contributed by atoms with Crippen molar-refractivity contribution in [3.63, 3.8) is 0 Å². The molecule has 1 aliphatic carbocycles. The van der Waals surface area contributed by atoms with Crippen LogP contribution in [0.15, 0.2) is 24.3 Å². The van der Waals surface area contributed by atoms with Crippen molar-refractivity contribution in [2.45, 2.75) is 39.0 Å². The lowest BCUT2D eigenvalue weighted by atomic mass is 9.82. The molecule has 1 aromatic carbocycles. The Morgan fingerprint density at radius 2 is 2.05 bits per heavy atom. The highest BCUT2D eigenvalue weighted by Gasteiger charge is 2.26. The summed E-state index contributed by atoms with van der Waals surface area (Å²) in [4.78, 5) is 23.8. The van der Waals surface area contributed by atoms with Crippen LogP contribution in [0.4, 0.5) is 0 Å². The Balaban J connectivity index is 2.03. The fraction of sp³-hybridized carbons (Fsp3) is 0.500. The van der Waals surface area contributed by atoms with Gasteiger partial charge in [0, 0.05) is 5.92 Å². The van der Waals surface area contributed by atoms with E-state index in [0.29, 0.717) is 0 Å². The fourth-order valence-corrected chi connectivity index (χ4v) is 2.53. The van der Waals surface area contributed by atoms with Gasteiger partial charge >= 0.3 is 0 Å². The van der Waals surface area contributed by atoms with Crippen molar-refractivity contribution in [1.82, 2.24) is 5.32 Å². The lowest BCUT2D eigenvalue weighted by molar-refractivity contribution is -0.127. The second kappa shape index (κ2) is 6.00. The van der Waals surface area contributed by atoms with Gasteiger partial charge in [-0.2, -0.15) is 0 Å². The second-order valence-corrected chi connectivity index (χ2v) is 5.48. The molecule has 1 N–H and O–H groups in total. The molecule has 1 aromatic rings. The largest absolute Gasteiger partial charge is 0.348 e. The third-order valence-corrected chi connectivity index (χ3v) is 3.77. The third kappa shape index (κ3) is 3.22. The molecule has 3 nitrogen and oxygen atoms in total. The van der Waals surface area contributed by atoms with E-state index >= 15 is 0 Å². The van der Waals surface area contributed by atoms with Gasteiger partial charge in [0.2, 0.25) is 5.91 Å². The zero-order chi connectivity index (χ0) is 13.8. The summed E-state index contributed by atoms with van der Waals surface area (Å²) in [6.45, 7) is 3.85. The van der Waals surface area contributed by atoms with Crippen molar-refractivity contribution in [2.75, 3.05) is 6.54 Å². The number of benzene rings is 1. The molecule has 0 radical (unpaired) electrons. The lowest BCUT2D eigenvalue weighted by Gasteiger charge is -2.24. The molecule has 1 unspecified atom stereocenters. The van der Waals surface area contributed by atoms with Gasteiger partial charge in [-0.25, -0.2) is 0 Å². The SMILES string of the molecule is CC(C)C(=O)CNC(=O)C1CCCc2ccccc21. The van der Waals surface area contributed by atoms with E-state index in [4.69, 9.17) is 0 Å². The fourth-order valence-electron chi connectivity index (χ4n) is 2.53. The number of nitrogens with one attached hydrogen (secondary N) is 1. The summed E-state index contributed by atoms with van der Waals surface area (Å²) in [5.74, 6) is -0.0533. The Morgan fingerprint density at radius 1 is 1.32 bits per heavy atom. The monoisotopic (exact) mass is 259 g/mol. The van der Waals surface area contributed by atoms with Gasteiger partial charge in [0.15, 0.2) is 5.78 Å². The van der Waals surface area contributed by atoms with Gasteiger partial charge < -0.3 is 5.32 Å². The van der Waals surface area contributed by atoms with Gasteiger partial charge in [0.1, 0.15) is 0 Å². The van der Waals surface area contributed by atoms with Crippen LogP contribution >= 0.6 is 0 Å². The third-order valence-electron chi connectivity index (χ3n) is 3.77. The van der Waals surface area contributed by atoms with Crippen LogP contribution in [0.25, 0.3) is 0 Å². The maximum Gasteiger partial charge on any atom is 0.227 e. The molecule has 3 heteroatoms. The maximum atomic E-state index is 12.2. The summed E-state index contributed by atoms with van der Waals surface area (Å²) in [6.07, 6.45) is 2.96. The highest BCUT2D eigenvalue weighted by molar-refractivity contribution is 5.90. The van der Waals surface area contributed by atoms with Gasteiger partial charge in [-0.15, -0.1) is 0 Å². The summed E-state index contributed by atoms with van der Waals surface area (Å²) < 4.78 is 0. The molecule has 0 fully saturated rings. The van der Waals surface area contributed by atoms with Crippen molar-refractivity contribution in [3.05, 3.63) is 35.4 Å². The maximum absolute atomic E-state index is 12.2. The van der Waals surface area contributed by atoms with Crippen molar-refractivity contribution in [2.24, 2.45) is 5.92 Å². The molecule has 2 rings (SSSR count). The molecule has 1 aliphatic rings. The first-order valence-electron chi connectivity index (χ1n) is 6.98. The van der Waals surface area contributed by atoms with Crippen LogP contribution in [-0.4, -0.2) is 18.2 Å². The van der Waals surface area contributed by atoms with Gasteiger partial charge in [-0.1, -0.05) is 38.1 Å². The molecule has 19 heavy (non-hydrogen) atoms. The predicted octanol–water partition coefficient (Wildman–Crippen LogP) is 2.45. The quantitative estimate of drug-likeness (QED) is 0.902. The van der Waals surface area contributed by atoms with Gasteiger partial charge in [-0.3, -0.25) is 9.59 Å². The van der Waals surface area contributed by atoms with E-state index in [0.717, 1.165) is 24.8 Å². The molecule has 0 heterocycles. The second-order valence-electron chi connectivity index (χ2n) is 5.48. The molecule has 102 valence electrons. The van der Waals surface area contributed by atoms with Crippen LogP contribution in [0, 0.1) is 5.92 Å². The van der Waals surface area contributed by atoms with Crippen LogP contribution in [0.2, 0.25) is 0 Å². The standard InChI is InChI=1S/C16H21NO2/c1-11(2)15(18)10-17-16(19)14-9-5-7-12-6-3-4-8-13(12)14/h3-4,6,8,11,14H,5,7,9-10H2,1-2H3,(H,17,19). The number of rotatable bonds is 4. The average Bonchev–Trinajstić information content (AvgIpc) is 2.43. The first-order valence-corrected chi connectivity index (χ1v) is 6.98. The number of carbonyl (C=O) groups is 2. The average molecular weight is 259 g/mol. The van der Waals surface area contributed by atoms with E-state index < -0.39 is 0 Å². The molecule has 0 spiro atoms. The predicted molar refractivity (Wildman–Crippen MR) is 75.0 cm³/mol. The molecule has 1 atom stereocenters. The molecule has 0 aromatic heterocycles. The zero-order valence-corrected chi connectivity index (χ0v) is 11.6.